The van der Waals surface area contributed by atoms with Crippen molar-refractivity contribution in [3.8, 4) is 11.5 Å². The van der Waals surface area contributed by atoms with Crippen LogP contribution < -0.4 is 20.1 Å². The van der Waals surface area contributed by atoms with Crippen LogP contribution in [0.1, 0.15) is 27.9 Å². The Bertz CT molecular complexity index is 1210. The molecule has 0 aromatic heterocycles. The van der Waals surface area contributed by atoms with E-state index in [0.29, 0.717) is 34.0 Å². The first-order valence-corrected chi connectivity index (χ1v) is 9.87. The smallest absolute Gasteiger partial charge is 0.264 e. The van der Waals surface area contributed by atoms with Crippen LogP contribution in [0.5, 0.6) is 11.5 Å². The van der Waals surface area contributed by atoms with Gasteiger partial charge < -0.3 is 25.2 Å². The van der Waals surface area contributed by atoms with Crippen molar-refractivity contribution in [2.24, 2.45) is 0 Å². The minimum Gasteiger partial charge on any atom is -0.454 e. The Morgan fingerprint density at radius 3 is 2.68 bits per heavy atom. The van der Waals surface area contributed by atoms with Crippen LogP contribution in [0.4, 0.5) is 11.4 Å². The predicted molar refractivity (Wildman–Crippen MR) is 114 cm³/mol. The number of amides is 1. The highest BCUT2D eigenvalue weighted by Crippen LogP contribution is 2.44. The van der Waals surface area contributed by atoms with Gasteiger partial charge in [-0.2, -0.15) is 0 Å². The van der Waals surface area contributed by atoms with Gasteiger partial charge in [0.25, 0.3) is 5.91 Å². The number of ketones is 1. The summed E-state index contributed by atoms with van der Waals surface area (Å²) in [5.41, 5.74) is 6.44. The van der Waals surface area contributed by atoms with Crippen molar-refractivity contribution in [3.63, 3.8) is 0 Å². The molecule has 2 aliphatic rings. The third kappa shape index (κ3) is 3.19. The summed E-state index contributed by atoms with van der Waals surface area (Å²) in [6.45, 7) is 0.386. The number of ether oxygens (including phenoxy) is 2. The first-order chi connectivity index (χ1) is 15.0. The molecule has 0 radical (unpaired) electrons. The fourth-order valence-electron chi connectivity index (χ4n) is 4.10. The van der Waals surface area contributed by atoms with Crippen LogP contribution >= 0.6 is 0 Å². The van der Waals surface area contributed by atoms with Crippen LogP contribution in [0.2, 0.25) is 0 Å². The summed E-state index contributed by atoms with van der Waals surface area (Å²) in [5, 5.41) is 11.4. The maximum atomic E-state index is 13.4. The molecule has 0 spiro atoms. The van der Waals surface area contributed by atoms with E-state index in [2.05, 4.69) is 0 Å². The molecule has 3 aromatic rings. The Balaban J connectivity index is 1.47. The van der Waals surface area contributed by atoms with Crippen LogP contribution in [0.25, 0.3) is 0 Å². The number of carbonyl (C=O) groups is 2. The molecule has 156 valence electrons. The topological polar surface area (TPSA) is 102 Å². The molecule has 2 heterocycles. The van der Waals surface area contributed by atoms with Gasteiger partial charge in [-0.3, -0.25) is 9.59 Å². The number of nitrogen functional groups attached to an aromatic ring is 1. The minimum absolute atomic E-state index is 0.163. The quantitative estimate of drug-likeness (QED) is 0.490. The van der Waals surface area contributed by atoms with Gasteiger partial charge in [0.05, 0.1) is 18.7 Å². The minimum atomic E-state index is -1.95. The van der Waals surface area contributed by atoms with Crippen molar-refractivity contribution < 1.29 is 24.2 Å². The number of carbonyl (C=O) groups excluding carboxylic acids is 2. The van der Waals surface area contributed by atoms with E-state index in [1.54, 1.807) is 54.6 Å². The molecule has 0 unspecified atom stereocenters. The zero-order chi connectivity index (χ0) is 21.6. The molecule has 0 saturated carbocycles. The maximum Gasteiger partial charge on any atom is 0.264 e. The molecule has 7 heteroatoms. The van der Waals surface area contributed by atoms with E-state index in [1.807, 2.05) is 12.1 Å². The van der Waals surface area contributed by atoms with E-state index in [4.69, 9.17) is 15.2 Å². The zero-order valence-electron chi connectivity index (χ0n) is 16.6. The fraction of sp³-hybridized carbons (Fsp3) is 0.167. The molecular weight excluding hydrogens is 396 g/mol. The van der Waals surface area contributed by atoms with Crippen LogP contribution in [-0.4, -0.2) is 23.6 Å². The Kier molecular flexibility index (Phi) is 4.41. The standard InChI is InChI=1S/C24H20N2O5/c25-17-5-3-4-16(11-17)20(27)12-24(29)18-6-1-2-7-19(18)26(23(24)28)13-15-8-9-21-22(10-15)31-14-30-21/h1-11,29H,12-14,25H2/t24-/m0/s1. The van der Waals surface area contributed by atoms with Crippen molar-refractivity contribution in [2.45, 2.75) is 18.6 Å². The number of hydrogen-bond acceptors (Lipinski definition) is 6. The molecule has 0 aliphatic carbocycles. The number of para-hydroxylation sites is 1. The summed E-state index contributed by atoms with van der Waals surface area (Å²) in [4.78, 5) is 27.8. The highest BCUT2D eigenvalue weighted by molar-refractivity contribution is 6.10. The summed E-state index contributed by atoms with van der Waals surface area (Å²) in [7, 11) is 0. The fourth-order valence-corrected chi connectivity index (χ4v) is 4.10. The highest BCUT2D eigenvalue weighted by Gasteiger charge is 2.50. The second kappa shape index (κ2) is 7.14. The van der Waals surface area contributed by atoms with E-state index in [0.717, 1.165) is 5.56 Å². The third-order valence-corrected chi connectivity index (χ3v) is 5.64. The molecular formula is C24H20N2O5. The Labute approximate surface area is 178 Å². The van der Waals surface area contributed by atoms with Crippen molar-refractivity contribution in [2.75, 3.05) is 17.4 Å². The molecule has 5 rings (SSSR count). The summed E-state index contributed by atoms with van der Waals surface area (Å²) < 4.78 is 10.8. The number of fused-ring (bicyclic) bond motifs is 2. The van der Waals surface area contributed by atoms with Crippen molar-refractivity contribution >= 4 is 23.1 Å². The predicted octanol–water partition coefficient (Wildman–Crippen LogP) is 3.00. The van der Waals surface area contributed by atoms with E-state index in [-0.39, 0.29) is 25.5 Å². The first-order valence-electron chi connectivity index (χ1n) is 9.87. The lowest BCUT2D eigenvalue weighted by atomic mass is 9.88. The van der Waals surface area contributed by atoms with Gasteiger partial charge in [-0.1, -0.05) is 36.4 Å². The molecule has 1 amide bonds. The number of rotatable bonds is 5. The highest BCUT2D eigenvalue weighted by atomic mass is 16.7. The lowest BCUT2D eigenvalue weighted by Gasteiger charge is -2.23. The summed E-state index contributed by atoms with van der Waals surface area (Å²) in [6, 6.07) is 18.9. The second-order valence-corrected chi connectivity index (χ2v) is 7.68. The van der Waals surface area contributed by atoms with Gasteiger partial charge in [-0.25, -0.2) is 0 Å². The molecule has 2 aliphatic heterocycles. The third-order valence-electron chi connectivity index (χ3n) is 5.64. The molecule has 31 heavy (non-hydrogen) atoms. The van der Waals surface area contributed by atoms with Gasteiger partial charge in [-0.15, -0.1) is 0 Å². The molecule has 3 aromatic carbocycles. The number of aliphatic hydroxyl groups is 1. The average Bonchev–Trinajstić information content (AvgIpc) is 3.31. The van der Waals surface area contributed by atoms with Crippen LogP contribution in [0.15, 0.2) is 66.7 Å². The monoisotopic (exact) mass is 416 g/mol. The molecule has 1 atom stereocenters. The van der Waals surface area contributed by atoms with Crippen LogP contribution in [-0.2, 0) is 16.9 Å². The van der Waals surface area contributed by atoms with E-state index in [9.17, 15) is 14.7 Å². The number of hydrogen-bond donors (Lipinski definition) is 2. The lowest BCUT2D eigenvalue weighted by Crippen LogP contribution is -2.41. The Morgan fingerprint density at radius 1 is 1.03 bits per heavy atom. The average molecular weight is 416 g/mol. The van der Waals surface area contributed by atoms with Gasteiger partial charge in [0.15, 0.2) is 22.9 Å². The molecule has 0 bridgehead atoms. The number of benzene rings is 3. The molecule has 7 nitrogen and oxygen atoms in total. The number of Topliss-reactive ketones (excluding diaryl/α,β-unsaturated/α-hetero) is 1. The maximum absolute atomic E-state index is 13.4. The van der Waals surface area contributed by atoms with Gasteiger partial charge >= 0.3 is 0 Å². The van der Waals surface area contributed by atoms with Gasteiger partial charge in [0, 0.05) is 16.8 Å². The van der Waals surface area contributed by atoms with Gasteiger partial charge in [0.2, 0.25) is 6.79 Å². The SMILES string of the molecule is Nc1cccc(C(=O)C[C@@]2(O)C(=O)N(Cc3ccc4c(c3)OCO4)c3ccccc32)c1. The number of nitrogens with two attached hydrogens (primary N) is 1. The number of nitrogens with zero attached hydrogens (tertiary/aromatic N) is 1. The Morgan fingerprint density at radius 2 is 1.84 bits per heavy atom. The second-order valence-electron chi connectivity index (χ2n) is 7.68. The van der Waals surface area contributed by atoms with Gasteiger partial charge in [0.1, 0.15) is 0 Å². The summed E-state index contributed by atoms with van der Waals surface area (Å²) in [6.07, 6.45) is -0.371. The largest absolute Gasteiger partial charge is 0.454 e. The van der Waals surface area contributed by atoms with Crippen molar-refractivity contribution in [1.29, 1.82) is 0 Å². The van der Waals surface area contributed by atoms with Crippen LogP contribution in [0, 0.1) is 0 Å². The first kappa shape index (κ1) is 19.1. The number of anilines is 2. The normalized spacial score (nSPS) is 18.9. The molecule has 0 saturated heterocycles. The summed E-state index contributed by atoms with van der Waals surface area (Å²) in [5.74, 6) is 0.372. The van der Waals surface area contributed by atoms with E-state index < -0.39 is 11.5 Å². The van der Waals surface area contributed by atoms with Crippen molar-refractivity contribution in [1.82, 2.24) is 0 Å². The van der Waals surface area contributed by atoms with Gasteiger partial charge in [-0.05, 0) is 35.9 Å². The Hall–Kier alpha value is -3.84. The van der Waals surface area contributed by atoms with Crippen molar-refractivity contribution in [3.05, 3.63) is 83.4 Å². The summed E-state index contributed by atoms with van der Waals surface area (Å²) >= 11 is 0. The van der Waals surface area contributed by atoms with E-state index in [1.165, 1.54) is 4.90 Å². The zero-order valence-corrected chi connectivity index (χ0v) is 16.6. The van der Waals surface area contributed by atoms with E-state index >= 15 is 0 Å². The lowest BCUT2D eigenvalue weighted by molar-refractivity contribution is -0.136. The molecule has 0 fully saturated rings. The van der Waals surface area contributed by atoms with Crippen LogP contribution in [0.3, 0.4) is 0 Å². The molecule has 3 N–H and O–H groups in total.